The molecule has 1 heterocycles. The molecule has 0 aromatic carbocycles. The summed E-state index contributed by atoms with van der Waals surface area (Å²) in [5, 5.41) is 8.62. The Morgan fingerprint density at radius 2 is 2.00 bits per heavy atom. The lowest BCUT2D eigenvalue weighted by atomic mass is 10.3. The third kappa shape index (κ3) is 6.68. The van der Waals surface area contributed by atoms with Gasteiger partial charge in [0, 0.05) is 37.2 Å². The van der Waals surface area contributed by atoms with Crippen LogP contribution in [-0.2, 0) is 19.9 Å². The third-order valence-corrected chi connectivity index (χ3v) is 4.63. The number of sulfonamides is 1. The zero-order valence-electron chi connectivity index (χ0n) is 11.4. The average Bonchev–Trinajstić information content (AvgIpc) is 2.37. The zero-order valence-corrected chi connectivity index (χ0v) is 13.0. The van der Waals surface area contributed by atoms with Gasteiger partial charge in [0.25, 0.3) is 0 Å². The molecule has 0 saturated carbocycles. The highest BCUT2D eigenvalue weighted by Gasteiger charge is 2.15. The number of pyridine rings is 1. The summed E-state index contributed by atoms with van der Waals surface area (Å²) >= 11 is 0. The topological polar surface area (TPSA) is 113 Å². The van der Waals surface area contributed by atoms with Gasteiger partial charge < -0.3 is 5.11 Å². The molecule has 0 spiro atoms. The minimum atomic E-state index is -3.83. The fourth-order valence-electron chi connectivity index (χ4n) is 1.30. The Hall–Kier alpha value is -1.47. The molecule has 21 heavy (non-hydrogen) atoms. The molecule has 0 unspecified atom stereocenters. The third-order valence-electron chi connectivity index (χ3n) is 2.26. The Kier molecular flexibility index (Phi) is 6.29. The Labute approximate surface area is 124 Å². The number of nitrogens with zero attached hydrogens (tertiary/aromatic N) is 1. The molecule has 2 N–H and O–H groups in total. The number of hydrogen-bond acceptors (Lipinski definition) is 6. The highest BCUT2D eigenvalue weighted by molar-refractivity contribution is 7.91. The fraction of sp³-hybridized carbons (Fsp3) is 0.417. The lowest BCUT2D eigenvalue weighted by Crippen LogP contribution is -2.29. The second-order valence-electron chi connectivity index (χ2n) is 4.21. The number of aliphatic hydroxyl groups excluding tert-OH is 1. The van der Waals surface area contributed by atoms with Crippen molar-refractivity contribution in [2.24, 2.45) is 0 Å². The van der Waals surface area contributed by atoms with Gasteiger partial charge in [-0.05, 0) is 6.07 Å². The zero-order chi connectivity index (χ0) is 15.9. The van der Waals surface area contributed by atoms with E-state index < -0.39 is 19.9 Å². The standard InChI is InChI=1S/C12H16N2O5S2/c1-20(16,17)7-5-14-21(18,19)12-8-11(9-13-10-12)4-2-3-6-15/h8-10,14-15H,3,5-7H2,1H3. The maximum Gasteiger partial charge on any atom is 0.242 e. The van der Waals surface area contributed by atoms with Crippen LogP contribution in [0.15, 0.2) is 23.4 Å². The molecule has 1 aromatic heterocycles. The lowest BCUT2D eigenvalue weighted by molar-refractivity contribution is 0.305. The number of sulfone groups is 1. The lowest BCUT2D eigenvalue weighted by Gasteiger charge is -2.06. The highest BCUT2D eigenvalue weighted by atomic mass is 32.2. The number of nitrogens with one attached hydrogen (secondary N) is 1. The molecule has 0 saturated heterocycles. The summed E-state index contributed by atoms with van der Waals surface area (Å²) in [4.78, 5) is 3.69. The van der Waals surface area contributed by atoms with Crippen LogP contribution in [0.5, 0.6) is 0 Å². The van der Waals surface area contributed by atoms with E-state index >= 15 is 0 Å². The van der Waals surface area contributed by atoms with E-state index in [1.807, 2.05) is 0 Å². The van der Waals surface area contributed by atoms with Gasteiger partial charge in [-0.3, -0.25) is 4.98 Å². The van der Waals surface area contributed by atoms with Crippen molar-refractivity contribution < 1.29 is 21.9 Å². The molecule has 1 aromatic rings. The van der Waals surface area contributed by atoms with Gasteiger partial charge in [-0.15, -0.1) is 0 Å². The van der Waals surface area contributed by atoms with E-state index in [-0.39, 0.29) is 30.2 Å². The van der Waals surface area contributed by atoms with Crippen LogP contribution in [0.2, 0.25) is 0 Å². The molecule has 0 bridgehead atoms. The minimum Gasteiger partial charge on any atom is -0.395 e. The first-order valence-corrected chi connectivity index (χ1v) is 9.51. The second kappa shape index (κ2) is 7.51. The quantitative estimate of drug-likeness (QED) is 0.655. The van der Waals surface area contributed by atoms with E-state index in [0.717, 1.165) is 12.5 Å². The summed E-state index contributed by atoms with van der Waals surface area (Å²) in [6.07, 6.45) is 3.86. The van der Waals surface area contributed by atoms with Crippen LogP contribution >= 0.6 is 0 Å². The summed E-state index contributed by atoms with van der Waals surface area (Å²) in [5.41, 5.74) is 0.398. The molecular weight excluding hydrogens is 316 g/mol. The van der Waals surface area contributed by atoms with Crippen LogP contribution in [0.1, 0.15) is 12.0 Å². The summed E-state index contributed by atoms with van der Waals surface area (Å²) in [7, 11) is -7.07. The fourth-order valence-corrected chi connectivity index (χ4v) is 2.92. The molecule has 0 fully saturated rings. The van der Waals surface area contributed by atoms with E-state index in [4.69, 9.17) is 5.11 Å². The van der Waals surface area contributed by atoms with Crippen molar-refractivity contribution in [1.82, 2.24) is 9.71 Å². The van der Waals surface area contributed by atoms with Crippen LogP contribution in [0.3, 0.4) is 0 Å². The van der Waals surface area contributed by atoms with Crippen LogP contribution in [0.25, 0.3) is 0 Å². The summed E-state index contributed by atoms with van der Waals surface area (Å²) in [6.45, 7) is -0.285. The van der Waals surface area contributed by atoms with Crippen molar-refractivity contribution in [2.75, 3.05) is 25.2 Å². The van der Waals surface area contributed by atoms with Crippen LogP contribution in [0.4, 0.5) is 0 Å². The monoisotopic (exact) mass is 332 g/mol. The van der Waals surface area contributed by atoms with Crippen LogP contribution < -0.4 is 4.72 Å². The largest absolute Gasteiger partial charge is 0.395 e. The predicted octanol–water partition coefficient (Wildman–Crippen LogP) is -0.862. The number of hydrogen-bond donors (Lipinski definition) is 2. The number of aromatic nitrogens is 1. The molecule has 0 atom stereocenters. The van der Waals surface area contributed by atoms with Crippen molar-refractivity contribution in [3.8, 4) is 11.8 Å². The van der Waals surface area contributed by atoms with Crippen LogP contribution in [-0.4, -0.2) is 52.1 Å². The molecule has 7 nitrogen and oxygen atoms in total. The molecule has 116 valence electrons. The van der Waals surface area contributed by atoms with E-state index in [0.29, 0.717) is 5.56 Å². The molecule has 0 radical (unpaired) electrons. The summed E-state index contributed by atoms with van der Waals surface area (Å²) in [5.74, 6) is 5.05. The Balaban J connectivity index is 2.84. The summed E-state index contributed by atoms with van der Waals surface area (Å²) < 4.78 is 48.1. The predicted molar refractivity (Wildman–Crippen MR) is 77.7 cm³/mol. The molecular formula is C12H16N2O5S2. The van der Waals surface area contributed by atoms with Gasteiger partial charge in [0.2, 0.25) is 10.0 Å². The van der Waals surface area contributed by atoms with Gasteiger partial charge in [0.1, 0.15) is 14.7 Å². The first-order valence-electron chi connectivity index (χ1n) is 5.97. The van der Waals surface area contributed by atoms with Crippen molar-refractivity contribution >= 4 is 19.9 Å². The van der Waals surface area contributed by atoms with E-state index in [1.165, 1.54) is 12.3 Å². The minimum absolute atomic E-state index is 0.0779. The normalized spacial score (nSPS) is 11.7. The molecule has 0 aliphatic heterocycles. The van der Waals surface area contributed by atoms with E-state index in [2.05, 4.69) is 21.5 Å². The molecule has 1 rings (SSSR count). The summed E-state index contributed by atoms with van der Waals surface area (Å²) in [6, 6.07) is 1.33. The first-order chi connectivity index (χ1) is 9.74. The van der Waals surface area contributed by atoms with Crippen LogP contribution in [0, 0.1) is 11.8 Å². The molecule has 0 aliphatic carbocycles. The van der Waals surface area contributed by atoms with Gasteiger partial charge in [0.15, 0.2) is 0 Å². The van der Waals surface area contributed by atoms with Crippen molar-refractivity contribution in [3.63, 3.8) is 0 Å². The molecule has 9 heteroatoms. The van der Waals surface area contributed by atoms with Gasteiger partial charge in [0.05, 0.1) is 12.4 Å². The van der Waals surface area contributed by atoms with Crippen molar-refractivity contribution in [1.29, 1.82) is 0 Å². The van der Waals surface area contributed by atoms with Gasteiger partial charge in [-0.25, -0.2) is 21.6 Å². The van der Waals surface area contributed by atoms with E-state index in [1.54, 1.807) is 0 Å². The second-order valence-corrected chi connectivity index (χ2v) is 8.24. The molecule has 0 amide bonds. The van der Waals surface area contributed by atoms with Gasteiger partial charge in [-0.2, -0.15) is 0 Å². The smallest absolute Gasteiger partial charge is 0.242 e. The first kappa shape index (κ1) is 17.6. The average molecular weight is 332 g/mol. The maximum atomic E-state index is 12.0. The van der Waals surface area contributed by atoms with Crippen molar-refractivity contribution in [2.45, 2.75) is 11.3 Å². The maximum absolute atomic E-state index is 12.0. The Bertz CT molecular complexity index is 745. The van der Waals surface area contributed by atoms with Crippen molar-refractivity contribution in [3.05, 3.63) is 24.0 Å². The van der Waals surface area contributed by atoms with E-state index in [9.17, 15) is 16.8 Å². The van der Waals surface area contributed by atoms with Gasteiger partial charge >= 0.3 is 0 Å². The Morgan fingerprint density at radius 1 is 1.29 bits per heavy atom. The van der Waals surface area contributed by atoms with Gasteiger partial charge in [-0.1, -0.05) is 11.8 Å². The Morgan fingerprint density at radius 3 is 2.62 bits per heavy atom. The number of rotatable bonds is 6. The SMILES string of the molecule is CS(=O)(=O)CCNS(=O)(=O)c1cncc(C#CCCO)c1. The highest BCUT2D eigenvalue weighted by Crippen LogP contribution is 2.08. The molecule has 0 aliphatic rings. The number of aliphatic hydroxyl groups is 1.